The molecule has 0 radical (unpaired) electrons. The lowest BCUT2D eigenvalue weighted by atomic mass is 9.94. The highest BCUT2D eigenvalue weighted by molar-refractivity contribution is 5.69. The van der Waals surface area contributed by atoms with Gasteiger partial charge in [0.15, 0.2) is 0 Å². The molecule has 0 amide bonds. The van der Waals surface area contributed by atoms with Gasteiger partial charge >= 0.3 is 5.97 Å². The van der Waals surface area contributed by atoms with Crippen LogP contribution < -0.4 is 0 Å². The van der Waals surface area contributed by atoms with Gasteiger partial charge in [-0.1, -0.05) is 149 Å². The van der Waals surface area contributed by atoms with Gasteiger partial charge in [0.25, 0.3) is 0 Å². The first-order valence-electron chi connectivity index (χ1n) is 13.4. The van der Waals surface area contributed by atoms with Gasteiger partial charge in [0.05, 0.1) is 5.92 Å². The molecule has 0 aromatic carbocycles. The minimum Gasteiger partial charge on any atom is -0.481 e. The molecule has 0 aromatic rings. The van der Waals surface area contributed by atoms with Gasteiger partial charge in [-0.15, -0.1) is 0 Å². The van der Waals surface area contributed by atoms with Crippen molar-refractivity contribution < 1.29 is 9.90 Å². The van der Waals surface area contributed by atoms with Crippen molar-refractivity contribution in [2.75, 3.05) is 0 Å². The number of carboxylic acid groups (broad SMARTS) is 1. The summed E-state index contributed by atoms with van der Waals surface area (Å²) >= 11 is 0. The molecule has 29 heavy (non-hydrogen) atoms. The summed E-state index contributed by atoms with van der Waals surface area (Å²) in [4.78, 5) is 11.5. The fourth-order valence-corrected chi connectivity index (χ4v) is 4.32. The minimum absolute atomic E-state index is 0.0946. The molecular weight excluding hydrogens is 356 g/mol. The van der Waals surface area contributed by atoms with E-state index < -0.39 is 5.97 Å². The molecular formula is C27H54O2. The predicted molar refractivity (Wildman–Crippen MR) is 129 cm³/mol. The summed E-state index contributed by atoms with van der Waals surface area (Å²) in [6, 6.07) is 0. The fraction of sp³-hybridized carbons (Fsp3) is 0.963. The Balaban J connectivity index is 3.42. The monoisotopic (exact) mass is 410 g/mol. The SMILES string of the molecule is CCCCCCCCCCCCCCCC(CCCCCCCCCC)C(=O)O. The third-order valence-electron chi connectivity index (χ3n) is 6.41. The predicted octanol–water partition coefficient (Wildman–Crippen LogP) is 9.70. The molecule has 0 heterocycles. The van der Waals surface area contributed by atoms with Crippen LogP contribution in [0.2, 0.25) is 0 Å². The van der Waals surface area contributed by atoms with E-state index in [1.165, 1.54) is 122 Å². The minimum atomic E-state index is -0.563. The van der Waals surface area contributed by atoms with Gasteiger partial charge in [0, 0.05) is 0 Å². The Morgan fingerprint density at radius 3 is 0.966 bits per heavy atom. The average molecular weight is 411 g/mol. The second-order valence-corrected chi connectivity index (χ2v) is 9.33. The number of hydrogen-bond acceptors (Lipinski definition) is 1. The molecule has 1 unspecified atom stereocenters. The molecule has 1 N–H and O–H groups in total. The molecule has 0 aromatic heterocycles. The Hall–Kier alpha value is -0.530. The maximum absolute atomic E-state index is 11.5. The number of carboxylic acids is 1. The van der Waals surface area contributed by atoms with Gasteiger partial charge < -0.3 is 5.11 Å². The molecule has 0 aliphatic carbocycles. The van der Waals surface area contributed by atoms with Crippen LogP contribution in [-0.4, -0.2) is 11.1 Å². The molecule has 174 valence electrons. The second-order valence-electron chi connectivity index (χ2n) is 9.33. The van der Waals surface area contributed by atoms with Crippen molar-refractivity contribution in [1.82, 2.24) is 0 Å². The van der Waals surface area contributed by atoms with Crippen LogP contribution in [0.4, 0.5) is 0 Å². The Kier molecular flexibility index (Phi) is 23.3. The highest BCUT2D eigenvalue weighted by atomic mass is 16.4. The van der Waals surface area contributed by atoms with E-state index in [9.17, 15) is 9.90 Å². The lowest BCUT2D eigenvalue weighted by Crippen LogP contribution is -2.13. The Bertz CT molecular complexity index is 326. The van der Waals surface area contributed by atoms with Crippen molar-refractivity contribution in [3.8, 4) is 0 Å². The topological polar surface area (TPSA) is 37.3 Å². The molecule has 0 saturated carbocycles. The largest absolute Gasteiger partial charge is 0.481 e. The summed E-state index contributed by atoms with van der Waals surface area (Å²) < 4.78 is 0. The summed E-state index contributed by atoms with van der Waals surface area (Å²) in [6.45, 7) is 4.53. The van der Waals surface area contributed by atoms with Crippen molar-refractivity contribution in [3.63, 3.8) is 0 Å². The van der Waals surface area contributed by atoms with E-state index in [1.54, 1.807) is 0 Å². The maximum atomic E-state index is 11.5. The van der Waals surface area contributed by atoms with Crippen LogP contribution in [0.1, 0.15) is 162 Å². The lowest BCUT2D eigenvalue weighted by Gasteiger charge is -2.12. The first-order chi connectivity index (χ1) is 14.2. The molecule has 1 atom stereocenters. The maximum Gasteiger partial charge on any atom is 0.306 e. The lowest BCUT2D eigenvalue weighted by molar-refractivity contribution is -0.142. The van der Waals surface area contributed by atoms with Crippen LogP contribution >= 0.6 is 0 Å². The van der Waals surface area contributed by atoms with Crippen LogP contribution in [-0.2, 0) is 4.79 Å². The summed E-state index contributed by atoms with van der Waals surface area (Å²) in [6.07, 6.45) is 29.7. The summed E-state index contributed by atoms with van der Waals surface area (Å²) in [5.41, 5.74) is 0. The number of rotatable bonds is 24. The van der Waals surface area contributed by atoms with E-state index in [1.807, 2.05) is 0 Å². The first kappa shape index (κ1) is 28.5. The molecule has 2 nitrogen and oxygen atoms in total. The van der Waals surface area contributed by atoms with Gasteiger partial charge in [-0.2, -0.15) is 0 Å². The van der Waals surface area contributed by atoms with Crippen molar-refractivity contribution in [3.05, 3.63) is 0 Å². The van der Waals surface area contributed by atoms with E-state index in [-0.39, 0.29) is 5.92 Å². The van der Waals surface area contributed by atoms with E-state index in [2.05, 4.69) is 13.8 Å². The van der Waals surface area contributed by atoms with E-state index >= 15 is 0 Å². The third-order valence-corrected chi connectivity index (χ3v) is 6.41. The van der Waals surface area contributed by atoms with Gasteiger partial charge in [-0.3, -0.25) is 4.79 Å². The smallest absolute Gasteiger partial charge is 0.306 e. The zero-order valence-electron chi connectivity index (χ0n) is 20.2. The molecule has 0 aliphatic heterocycles. The summed E-state index contributed by atoms with van der Waals surface area (Å²) in [5, 5.41) is 9.46. The second kappa shape index (κ2) is 23.7. The number of unbranched alkanes of at least 4 members (excludes halogenated alkanes) is 19. The fourth-order valence-electron chi connectivity index (χ4n) is 4.32. The van der Waals surface area contributed by atoms with Crippen LogP contribution in [0, 0.1) is 5.92 Å². The quantitative estimate of drug-likeness (QED) is 0.161. The Labute approximate surface area is 183 Å². The third kappa shape index (κ3) is 22.0. The molecule has 0 aliphatic rings. The Morgan fingerprint density at radius 1 is 0.483 bits per heavy atom. The standard InChI is InChI=1S/C27H54O2/c1-3-5-7-9-11-13-14-15-16-17-19-21-23-25-26(27(28)29)24-22-20-18-12-10-8-6-4-2/h26H,3-25H2,1-2H3,(H,28,29). The molecule has 0 saturated heterocycles. The van der Waals surface area contributed by atoms with E-state index in [4.69, 9.17) is 0 Å². The highest BCUT2D eigenvalue weighted by Gasteiger charge is 2.16. The van der Waals surface area contributed by atoms with Crippen LogP contribution in [0.5, 0.6) is 0 Å². The zero-order chi connectivity index (χ0) is 21.4. The molecule has 0 spiro atoms. The van der Waals surface area contributed by atoms with Gasteiger partial charge in [0.1, 0.15) is 0 Å². The molecule has 0 rings (SSSR count). The van der Waals surface area contributed by atoms with Crippen LogP contribution in [0.3, 0.4) is 0 Å². The summed E-state index contributed by atoms with van der Waals surface area (Å²) in [7, 11) is 0. The van der Waals surface area contributed by atoms with Gasteiger partial charge in [-0.25, -0.2) is 0 Å². The van der Waals surface area contributed by atoms with Crippen molar-refractivity contribution >= 4 is 5.97 Å². The number of carbonyl (C=O) groups is 1. The normalized spacial score (nSPS) is 12.3. The molecule has 0 fully saturated rings. The van der Waals surface area contributed by atoms with Crippen LogP contribution in [0.25, 0.3) is 0 Å². The summed E-state index contributed by atoms with van der Waals surface area (Å²) in [5.74, 6) is -0.658. The van der Waals surface area contributed by atoms with Crippen molar-refractivity contribution in [2.24, 2.45) is 5.92 Å². The average Bonchev–Trinajstić information content (AvgIpc) is 2.71. The van der Waals surface area contributed by atoms with Crippen LogP contribution in [0.15, 0.2) is 0 Å². The van der Waals surface area contributed by atoms with Gasteiger partial charge in [0.2, 0.25) is 0 Å². The van der Waals surface area contributed by atoms with Crippen molar-refractivity contribution in [1.29, 1.82) is 0 Å². The van der Waals surface area contributed by atoms with E-state index in [0.29, 0.717) is 0 Å². The highest BCUT2D eigenvalue weighted by Crippen LogP contribution is 2.20. The number of hydrogen-bond donors (Lipinski definition) is 1. The molecule has 0 bridgehead atoms. The van der Waals surface area contributed by atoms with Crippen molar-refractivity contribution in [2.45, 2.75) is 162 Å². The first-order valence-corrected chi connectivity index (χ1v) is 13.4. The Morgan fingerprint density at radius 2 is 0.724 bits per heavy atom. The number of aliphatic carboxylic acids is 1. The zero-order valence-corrected chi connectivity index (χ0v) is 20.2. The van der Waals surface area contributed by atoms with E-state index in [0.717, 1.165) is 25.7 Å². The molecule has 2 heteroatoms. The van der Waals surface area contributed by atoms with Gasteiger partial charge in [-0.05, 0) is 12.8 Å².